The average molecular weight is 200 g/mol. The molecule has 0 amide bonds. The largest absolute Gasteiger partial charge is 1.00 e. The maximum atomic E-state index is 5.18. The van der Waals surface area contributed by atoms with Crippen molar-refractivity contribution < 1.29 is 42.5 Å². The van der Waals surface area contributed by atoms with E-state index < -0.39 is 0 Å². The van der Waals surface area contributed by atoms with Gasteiger partial charge in [0.15, 0.2) is 0 Å². The molecule has 0 radical (unpaired) electrons. The van der Waals surface area contributed by atoms with Gasteiger partial charge in [-0.2, -0.15) is 0 Å². The van der Waals surface area contributed by atoms with Gasteiger partial charge in [-0.3, -0.25) is 0 Å². The standard InChI is InChI=1S/C8H14O4.FH.Li/c1-2-10-5-6-12-8-7-11-4-3-9-1;;/h1-2H,3-8H2;1H;/q;;+1/p-1. The Bertz CT molecular complexity index is 121. The van der Waals surface area contributed by atoms with Crippen LogP contribution in [0.3, 0.4) is 0 Å². The number of hydrogen-bond acceptors (Lipinski definition) is 4. The maximum absolute atomic E-state index is 5.18. The summed E-state index contributed by atoms with van der Waals surface area (Å²) in [5, 5.41) is 0. The zero-order valence-corrected chi connectivity index (χ0v) is 8.41. The average Bonchev–Trinajstić information content (AvgIpc) is 2.05. The molecule has 1 aliphatic rings. The third-order valence-electron chi connectivity index (χ3n) is 1.31. The van der Waals surface area contributed by atoms with Gasteiger partial charge in [0.1, 0.15) is 25.7 Å². The molecule has 0 fully saturated rings. The van der Waals surface area contributed by atoms with Crippen molar-refractivity contribution in [2.75, 3.05) is 39.6 Å². The molecule has 78 valence electrons. The van der Waals surface area contributed by atoms with Gasteiger partial charge in [-0.15, -0.1) is 0 Å². The van der Waals surface area contributed by atoms with E-state index in [0.29, 0.717) is 39.6 Å². The van der Waals surface area contributed by atoms with Gasteiger partial charge in [-0.25, -0.2) is 0 Å². The van der Waals surface area contributed by atoms with Crippen LogP contribution < -0.4 is 23.6 Å². The molecule has 0 bridgehead atoms. The van der Waals surface area contributed by atoms with Crippen LogP contribution in [0.5, 0.6) is 0 Å². The summed E-state index contributed by atoms with van der Waals surface area (Å²) in [5.74, 6) is 0. The molecule has 1 heterocycles. The fourth-order valence-corrected chi connectivity index (χ4v) is 0.751. The van der Waals surface area contributed by atoms with Gasteiger partial charge in [-0.05, 0) is 0 Å². The van der Waals surface area contributed by atoms with Gasteiger partial charge in [-0.1, -0.05) is 0 Å². The van der Waals surface area contributed by atoms with Gasteiger partial charge in [0.2, 0.25) is 0 Å². The molecule has 0 aromatic carbocycles. The Morgan fingerprint density at radius 2 is 1.00 bits per heavy atom. The molecule has 0 aliphatic carbocycles. The fourth-order valence-electron chi connectivity index (χ4n) is 0.751. The van der Waals surface area contributed by atoms with Crippen molar-refractivity contribution in [1.29, 1.82) is 0 Å². The summed E-state index contributed by atoms with van der Waals surface area (Å²) in [7, 11) is 0. The number of halogens is 1. The first-order chi connectivity index (χ1) is 6.00. The summed E-state index contributed by atoms with van der Waals surface area (Å²) in [6.45, 7) is 3.53. The second kappa shape index (κ2) is 12.8. The molecule has 14 heavy (non-hydrogen) atoms. The van der Waals surface area contributed by atoms with Gasteiger partial charge >= 0.3 is 18.9 Å². The molecule has 4 nitrogen and oxygen atoms in total. The molecular formula is C8H14FLiO4. The van der Waals surface area contributed by atoms with Crippen molar-refractivity contribution in [1.82, 2.24) is 0 Å². The van der Waals surface area contributed by atoms with Crippen LogP contribution >= 0.6 is 0 Å². The van der Waals surface area contributed by atoms with E-state index in [-0.39, 0.29) is 23.6 Å². The number of rotatable bonds is 0. The van der Waals surface area contributed by atoms with E-state index in [4.69, 9.17) is 18.9 Å². The molecule has 0 saturated heterocycles. The van der Waals surface area contributed by atoms with Crippen LogP contribution in [0.15, 0.2) is 12.5 Å². The molecular weight excluding hydrogens is 186 g/mol. The first kappa shape index (κ1) is 16.2. The van der Waals surface area contributed by atoms with E-state index in [1.54, 1.807) is 0 Å². The Kier molecular flexibility index (Phi) is 14.8. The van der Waals surface area contributed by atoms with Gasteiger partial charge in [0.05, 0.1) is 26.4 Å². The normalized spacial score (nSPS) is 18.3. The van der Waals surface area contributed by atoms with E-state index >= 15 is 0 Å². The van der Waals surface area contributed by atoms with Gasteiger partial charge in [0, 0.05) is 0 Å². The zero-order valence-electron chi connectivity index (χ0n) is 8.41. The topological polar surface area (TPSA) is 36.9 Å². The first-order valence-electron chi connectivity index (χ1n) is 4.04. The molecule has 0 spiro atoms. The Balaban J connectivity index is 0. The van der Waals surface area contributed by atoms with Crippen LogP contribution in [-0.2, 0) is 18.9 Å². The Labute approximate surface area is 95.1 Å². The molecule has 1 rings (SSSR count). The van der Waals surface area contributed by atoms with Crippen LogP contribution in [0, 0.1) is 0 Å². The number of ether oxygens (including phenoxy) is 4. The van der Waals surface area contributed by atoms with Crippen LogP contribution in [0.1, 0.15) is 0 Å². The van der Waals surface area contributed by atoms with Crippen LogP contribution in [0.4, 0.5) is 0 Å². The van der Waals surface area contributed by atoms with Crippen LogP contribution in [0.25, 0.3) is 0 Å². The molecule has 0 unspecified atom stereocenters. The second-order valence-electron chi connectivity index (χ2n) is 2.24. The third kappa shape index (κ3) is 9.87. The summed E-state index contributed by atoms with van der Waals surface area (Å²) in [4.78, 5) is 0. The second-order valence-corrected chi connectivity index (χ2v) is 2.24. The molecule has 0 aromatic rings. The van der Waals surface area contributed by atoms with Crippen molar-refractivity contribution >= 4 is 0 Å². The maximum Gasteiger partial charge on any atom is 1.00 e. The van der Waals surface area contributed by atoms with E-state index in [9.17, 15) is 0 Å². The van der Waals surface area contributed by atoms with E-state index in [2.05, 4.69) is 0 Å². The Hall–Kier alpha value is -0.213. The summed E-state index contributed by atoms with van der Waals surface area (Å²) in [6.07, 6.45) is 3.04. The van der Waals surface area contributed by atoms with Crippen molar-refractivity contribution in [3.05, 3.63) is 12.5 Å². The predicted octanol–water partition coefficient (Wildman–Crippen LogP) is -5.45. The first-order valence-corrected chi connectivity index (χ1v) is 4.04. The van der Waals surface area contributed by atoms with Crippen molar-refractivity contribution in [2.45, 2.75) is 0 Å². The Morgan fingerprint density at radius 1 is 0.643 bits per heavy atom. The van der Waals surface area contributed by atoms with Crippen LogP contribution in [-0.4, -0.2) is 39.6 Å². The summed E-state index contributed by atoms with van der Waals surface area (Å²) < 4.78 is 20.4. The predicted molar refractivity (Wildman–Crippen MR) is 42.7 cm³/mol. The number of hydrogen-bond donors (Lipinski definition) is 0. The van der Waals surface area contributed by atoms with E-state index in [0.717, 1.165) is 0 Å². The minimum absolute atomic E-state index is 0. The molecule has 0 atom stereocenters. The molecule has 0 aromatic heterocycles. The minimum atomic E-state index is 0. The monoisotopic (exact) mass is 200 g/mol. The van der Waals surface area contributed by atoms with Crippen molar-refractivity contribution in [3.63, 3.8) is 0 Å². The molecule has 6 heteroatoms. The summed E-state index contributed by atoms with van der Waals surface area (Å²) >= 11 is 0. The summed E-state index contributed by atoms with van der Waals surface area (Å²) in [6, 6.07) is 0. The fraction of sp³-hybridized carbons (Fsp3) is 0.750. The minimum Gasteiger partial charge on any atom is -1.00 e. The summed E-state index contributed by atoms with van der Waals surface area (Å²) in [5.41, 5.74) is 0. The van der Waals surface area contributed by atoms with Crippen molar-refractivity contribution in [2.24, 2.45) is 0 Å². The molecule has 0 N–H and O–H groups in total. The quantitative estimate of drug-likeness (QED) is 0.366. The van der Waals surface area contributed by atoms with Gasteiger partial charge < -0.3 is 23.7 Å². The van der Waals surface area contributed by atoms with Crippen molar-refractivity contribution in [3.8, 4) is 0 Å². The van der Waals surface area contributed by atoms with Crippen LogP contribution in [0.2, 0.25) is 0 Å². The molecule has 0 saturated carbocycles. The van der Waals surface area contributed by atoms with E-state index in [1.807, 2.05) is 0 Å². The Morgan fingerprint density at radius 3 is 1.43 bits per heavy atom. The smallest absolute Gasteiger partial charge is 1.00 e. The SMILES string of the molecule is C1=COCCOCCOCCO1.[F-].[Li+]. The molecule has 1 aliphatic heterocycles. The zero-order chi connectivity index (χ0) is 8.49. The van der Waals surface area contributed by atoms with Gasteiger partial charge in [0.25, 0.3) is 0 Å². The third-order valence-corrected chi connectivity index (χ3v) is 1.31. The van der Waals surface area contributed by atoms with E-state index in [1.165, 1.54) is 12.5 Å².